The fourth-order valence-corrected chi connectivity index (χ4v) is 2.49. The lowest BCUT2D eigenvalue weighted by molar-refractivity contribution is 0.173. The molecular weight excluding hydrogens is 293 g/mol. The van der Waals surface area contributed by atoms with Gasteiger partial charge in [-0.2, -0.15) is 0 Å². The molecule has 0 fully saturated rings. The lowest BCUT2D eigenvalue weighted by atomic mass is 9.92. The van der Waals surface area contributed by atoms with Crippen LogP contribution in [0.5, 0.6) is 0 Å². The quantitative estimate of drug-likeness (QED) is 0.875. The van der Waals surface area contributed by atoms with Crippen LogP contribution in [0.2, 0.25) is 10.0 Å². The molecule has 0 aliphatic rings. The molecule has 0 radical (unpaired) electrons. The number of aliphatic hydroxyl groups excluding tert-OH is 1. The lowest BCUT2D eigenvalue weighted by Gasteiger charge is -2.29. The first-order valence-electron chi connectivity index (χ1n) is 6.40. The van der Waals surface area contributed by atoms with Crippen molar-refractivity contribution in [2.75, 3.05) is 6.61 Å². The molecule has 1 unspecified atom stereocenters. The summed E-state index contributed by atoms with van der Waals surface area (Å²) in [6.45, 7) is 2.52. The molecule has 0 aliphatic carbocycles. The van der Waals surface area contributed by atoms with Gasteiger partial charge in [-0.3, -0.25) is 0 Å². The zero-order valence-corrected chi connectivity index (χ0v) is 12.7. The normalized spacial score (nSPS) is 14.0. The van der Waals surface area contributed by atoms with Gasteiger partial charge in [0, 0.05) is 16.6 Å². The van der Waals surface area contributed by atoms with Gasteiger partial charge in [-0.25, -0.2) is 0 Å². The molecule has 0 amide bonds. The van der Waals surface area contributed by atoms with Gasteiger partial charge < -0.3 is 10.4 Å². The third-order valence-corrected chi connectivity index (χ3v) is 4.00. The molecule has 0 bridgehead atoms. The molecule has 0 heterocycles. The van der Waals surface area contributed by atoms with Gasteiger partial charge in [0.15, 0.2) is 0 Å². The van der Waals surface area contributed by atoms with E-state index in [0.717, 1.165) is 11.1 Å². The van der Waals surface area contributed by atoms with Crippen molar-refractivity contribution in [3.8, 4) is 0 Å². The Bertz CT molecular complexity index is 574. The van der Waals surface area contributed by atoms with Crippen LogP contribution in [-0.4, -0.2) is 11.7 Å². The van der Waals surface area contributed by atoms with Crippen LogP contribution in [0.25, 0.3) is 0 Å². The number of aliphatic hydroxyl groups is 1. The second-order valence-electron chi connectivity index (χ2n) is 4.95. The Labute approximate surface area is 129 Å². The number of hydrogen-bond donors (Lipinski definition) is 2. The molecule has 2 N–H and O–H groups in total. The van der Waals surface area contributed by atoms with Crippen molar-refractivity contribution in [1.29, 1.82) is 0 Å². The van der Waals surface area contributed by atoms with E-state index in [1.165, 1.54) is 0 Å². The SMILES string of the molecule is CC(CO)(NCc1ccc(Cl)cc1Cl)c1ccccc1. The average Bonchev–Trinajstić information content (AvgIpc) is 2.47. The van der Waals surface area contributed by atoms with Gasteiger partial charge in [-0.15, -0.1) is 0 Å². The number of rotatable bonds is 5. The van der Waals surface area contributed by atoms with Crippen LogP contribution < -0.4 is 5.32 Å². The number of nitrogens with one attached hydrogen (secondary N) is 1. The summed E-state index contributed by atoms with van der Waals surface area (Å²) >= 11 is 12.0. The predicted octanol–water partition coefficient (Wildman–Crippen LogP) is 3.99. The first kappa shape index (κ1) is 15.3. The maximum atomic E-state index is 9.71. The van der Waals surface area contributed by atoms with E-state index in [2.05, 4.69) is 5.32 Å². The zero-order chi connectivity index (χ0) is 14.6. The molecular formula is C16H17Cl2NO. The summed E-state index contributed by atoms with van der Waals surface area (Å²) in [5.41, 5.74) is 1.48. The van der Waals surface area contributed by atoms with E-state index >= 15 is 0 Å². The smallest absolute Gasteiger partial charge is 0.0652 e. The molecule has 0 saturated carbocycles. The molecule has 2 aromatic rings. The fraction of sp³-hybridized carbons (Fsp3) is 0.250. The molecule has 4 heteroatoms. The number of hydrogen-bond acceptors (Lipinski definition) is 2. The van der Waals surface area contributed by atoms with Gasteiger partial charge in [-0.1, -0.05) is 59.6 Å². The van der Waals surface area contributed by atoms with Crippen LogP contribution in [0.1, 0.15) is 18.1 Å². The molecule has 106 valence electrons. The first-order valence-corrected chi connectivity index (χ1v) is 7.16. The lowest BCUT2D eigenvalue weighted by Crippen LogP contribution is -2.42. The van der Waals surface area contributed by atoms with E-state index in [1.54, 1.807) is 6.07 Å². The highest BCUT2D eigenvalue weighted by Gasteiger charge is 2.24. The predicted molar refractivity (Wildman–Crippen MR) is 84.2 cm³/mol. The van der Waals surface area contributed by atoms with Crippen molar-refractivity contribution in [1.82, 2.24) is 5.32 Å². The molecule has 0 spiro atoms. The Balaban J connectivity index is 2.15. The Morgan fingerprint density at radius 3 is 2.40 bits per heavy atom. The summed E-state index contributed by atoms with van der Waals surface area (Å²) in [5, 5.41) is 14.3. The van der Waals surface area contributed by atoms with Crippen LogP contribution in [-0.2, 0) is 12.1 Å². The molecule has 20 heavy (non-hydrogen) atoms. The molecule has 2 aromatic carbocycles. The Morgan fingerprint density at radius 1 is 1.10 bits per heavy atom. The van der Waals surface area contributed by atoms with Crippen molar-refractivity contribution in [2.45, 2.75) is 19.0 Å². The second-order valence-corrected chi connectivity index (χ2v) is 5.79. The van der Waals surface area contributed by atoms with E-state index in [-0.39, 0.29) is 6.61 Å². The van der Waals surface area contributed by atoms with E-state index in [1.807, 2.05) is 49.4 Å². The summed E-state index contributed by atoms with van der Waals surface area (Å²) in [5.74, 6) is 0. The van der Waals surface area contributed by atoms with Gasteiger partial charge in [-0.05, 0) is 30.2 Å². The standard InChI is InChI=1S/C16H17Cl2NO/c1-16(11-20,13-5-3-2-4-6-13)19-10-12-7-8-14(17)9-15(12)18/h2-9,19-20H,10-11H2,1H3. The minimum Gasteiger partial charge on any atom is -0.394 e. The van der Waals surface area contributed by atoms with E-state index in [9.17, 15) is 5.11 Å². The second kappa shape index (κ2) is 6.59. The number of benzene rings is 2. The van der Waals surface area contributed by atoms with E-state index in [0.29, 0.717) is 16.6 Å². The third-order valence-electron chi connectivity index (χ3n) is 3.41. The summed E-state index contributed by atoms with van der Waals surface area (Å²) in [7, 11) is 0. The Kier molecular flexibility index (Phi) is 5.06. The van der Waals surface area contributed by atoms with Crippen molar-refractivity contribution >= 4 is 23.2 Å². The van der Waals surface area contributed by atoms with Gasteiger partial charge in [0.25, 0.3) is 0 Å². The van der Waals surface area contributed by atoms with Crippen LogP contribution in [0.3, 0.4) is 0 Å². The maximum Gasteiger partial charge on any atom is 0.0652 e. The highest BCUT2D eigenvalue weighted by atomic mass is 35.5. The highest BCUT2D eigenvalue weighted by molar-refractivity contribution is 6.35. The third kappa shape index (κ3) is 3.53. The van der Waals surface area contributed by atoms with Crippen molar-refractivity contribution in [2.24, 2.45) is 0 Å². The van der Waals surface area contributed by atoms with Crippen LogP contribution in [0.4, 0.5) is 0 Å². The van der Waals surface area contributed by atoms with Crippen LogP contribution in [0.15, 0.2) is 48.5 Å². The topological polar surface area (TPSA) is 32.3 Å². The van der Waals surface area contributed by atoms with Gasteiger partial charge in [0.05, 0.1) is 12.1 Å². The molecule has 0 saturated heterocycles. The first-order chi connectivity index (χ1) is 9.55. The molecule has 2 rings (SSSR count). The van der Waals surface area contributed by atoms with Crippen molar-refractivity contribution in [3.05, 3.63) is 69.7 Å². The Hall–Kier alpha value is -1.06. The van der Waals surface area contributed by atoms with Gasteiger partial charge in [0.1, 0.15) is 0 Å². The zero-order valence-electron chi connectivity index (χ0n) is 11.2. The molecule has 0 aromatic heterocycles. The maximum absolute atomic E-state index is 9.71. The van der Waals surface area contributed by atoms with Gasteiger partial charge in [0.2, 0.25) is 0 Å². The highest BCUT2D eigenvalue weighted by Crippen LogP contribution is 2.24. The van der Waals surface area contributed by atoms with Crippen molar-refractivity contribution < 1.29 is 5.11 Å². The minimum atomic E-state index is -0.510. The van der Waals surface area contributed by atoms with Crippen LogP contribution >= 0.6 is 23.2 Å². The average molecular weight is 310 g/mol. The van der Waals surface area contributed by atoms with E-state index < -0.39 is 5.54 Å². The largest absolute Gasteiger partial charge is 0.394 e. The van der Waals surface area contributed by atoms with E-state index in [4.69, 9.17) is 23.2 Å². The molecule has 0 aliphatic heterocycles. The molecule has 1 atom stereocenters. The summed E-state index contributed by atoms with van der Waals surface area (Å²) < 4.78 is 0. The number of halogens is 2. The summed E-state index contributed by atoms with van der Waals surface area (Å²) in [6.07, 6.45) is 0. The van der Waals surface area contributed by atoms with Crippen LogP contribution in [0, 0.1) is 0 Å². The monoisotopic (exact) mass is 309 g/mol. The molecule has 2 nitrogen and oxygen atoms in total. The summed E-state index contributed by atoms with van der Waals surface area (Å²) in [4.78, 5) is 0. The Morgan fingerprint density at radius 2 is 1.80 bits per heavy atom. The van der Waals surface area contributed by atoms with Crippen molar-refractivity contribution in [3.63, 3.8) is 0 Å². The summed E-state index contributed by atoms with van der Waals surface area (Å²) in [6, 6.07) is 15.3. The van der Waals surface area contributed by atoms with Gasteiger partial charge >= 0.3 is 0 Å². The fourth-order valence-electron chi connectivity index (χ4n) is 2.01. The minimum absolute atomic E-state index is 0.00220.